The van der Waals surface area contributed by atoms with E-state index in [9.17, 15) is 0 Å². The Hall–Kier alpha value is -0.200. The third-order valence-corrected chi connectivity index (χ3v) is 1.54. The first-order valence-electron chi connectivity index (χ1n) is 4.27. The van der Waals surface area contributed by atoms with Crippen LogP contribution < -0.4 is 0 Å². The van der Waals surface area contributed by atoms with Gasteiger partial charge in [-0.05, 0) is 0 Å². The first-order chi connectivity index (χ1) is 6.33. The molecule has 0 aromatic rings. The molecule has 1 saturated heterocycles. The number of aliphatic hydroxyl groups is 1. The Balaban J connectivity index is 1.76. The van der Waals surface area contributed by atoms with E-state index in [4.69, 9.17) is 24.1 Å². The van der Waals surface area contributed by atoms with Crippen molar-refractivity contribution in [3.63, 3.8) is 0 Å². The molecule has 1 rings (SSSR count). The smallest absolute Gasteiger partial charge is 0.146 e. The molecule has 1 heterocycles. The second kappa shape index (κ2) is 6.28. The van der Waals surface area contributed by atoms with Crippen molar-refractivity contribution in [2.75, 3.05) is 40.3 Å². The van der Waals surface area contributed by atoms with Gasteiger partial charge in [-0.2, -0.15) is 0 Å². The molecule has 0 aliphatic carbocycles. The quantitative estimate of drug-likeness (QED) is 0.315. The third kappa shape index (κ3) is 5.95. The minimum atomic E-state index is -0.578. The van der Waals surface area contributed by atoms with E-state index in [1.54, 1.807) is 0 Å². The molecular weight excluding hydrogens is 176 g/mol. The molecule has 0 amide bonds. The normalized spacial score (nSPS) is 23.1. The van der Waals surface area contributed by atoms with Crippen LogP contribution in [0.15, 0.2) is 0 Å². The van der Waals surface area contributed by atoms with Gasteiger partial charge in [-0.15, -0.1) is 0 Å². The van der Waals surface area contributed by atoms with Gasteiger partial charge in [0.2, 0.25) is 0 Å². The lowest BCUT2D eigenvalue weighted by molar-refractivity contribution is -0.0906. The fourth-order valence-electron chi connectivity index (χ4n) is 0.827. The second-order valence-corrected chi connectivity index (χ2v) is 2.92. The predicted molar refractivity (Wildman–Crippen MR) is 44.4 cm³/mol. The zero-order chi connectivity index (χ0) is 9.52. The summed E-state index contributed by atoms with van der Waals surface area (Å²) in [5.41, 5.74) is 0. The molecule has 0 saturated carbocycles. The summed E-state index contributed by atoms with van der Waals surface area (Å²) < 4.78 is 19.7. The van der Waals surface area contributed by atoms with E-state index in [2.05, 4.69) is 0 Å². The fourth-order valence-corrected chi connectivity index (χ4v) is 0.827. The number of methoxy groups -OCH3 is 1. The first-order valence-corrected chi connectivity index (χ1v) is 4.27. The maximum Gasteiger partial charge on any atom is 0.146 e. The minimum Gasteiger partial charge on any atom is -0.388 e. The Labute approximate surface area is 77.5 Å². The Kier molecular flexibility index (Phi) is 5.26. The van der Waals surface area contributed by atoms with Crippen LogP contribution in [-0.4, -0.2) is 57.6 Å². The second-order valence-electron chi connectivity index (χ2n) is 2.92. The van der Waals surface area contributed by atoms with Crippen LogP contribution in [0.5, 0.6) is 0 Å². The van der Waals surface area contributed by atoms with E-state index in [0.29, 0.717) is 6.61 Å². The van der Waals surface area contributed by atoms with E-state index in [1.807, 2.05) is 0 Å². The van der Waals surface area contributed by atoms with Crippen LogP contribution in [-0.2, 0) is 18.9 Å². The number of hydrogen-bond donors (Lipinski definition) is 1. The molecule has 2 atom stereocenters. The number of ether oxygens (including phenoxy) is 4. The summed E-state index contributed by atoms with van der Waals surface area (Å²) in [4.78, 5) is 0. The van der Waals surface area contributed by atoms with Crippen molar-refractivity contribution in [1.82, 2.24) is 0 Å². The molecule has 78 valence electrons. The molecule has 1 fully saturated rings. The topological polar surface area (TPSA) is 60.5 Å². The Morgan fingerprint density at radius 2 is 2.23 bits per heavy atom. The monoisotopic (exact) mass is 192 g/mol. The summed E-state index contributed by atoms with van der Waals surface area (Å²) in [6.45, 7) is 2.07. The standard InChI is InChI=1S/C8H16O5/c1-10-2-7(9)3-11-6-12-4-8-5-13-8/h7-9H,2-6H2,1H3. The summed E-state index contributed by atoms with van der Waals surface area (Å²) in [7, 11) is 1.53. The minimum absolute atomic E-state index is 0.195. The largest absolute Gasteiger partial charge is 0.388 e. The highest BCUT2D eigenvalue weighted by Gasteiger charge is 2.22. The molecular formula is C8H16O5. The highest BCUT2D eigenvalue weighted by molar-refractivity contribution is 4.66. The maximum atomic E-state index is 9.14. The van der Waals surface area contributed by atoms with Crippen LogP contribution in [0.2, 0.25) is 0 Å². The van der Waals surface area contributed by atoms with Crippen LogP contribution in [0.25, 0.3) is 0 Å². The Morgan fingerprint density at radius 1 is 1.46 bits per heavy atom. The Bertz CT molecular complexity index is 126. The summed E-state index contributed by atoms with van der Waals surface area (Å²) in [6, 6.07) is 0. The third-order valence-electron chi connectivity index (χ3n) is 1.54. The lowest BCUT2D eigenvalue weighted by Gasteiger charge is -2.09. The van der Waals surface area contributed by atoms with Crippen LogP contribution in [0.3, 0.4) is 0 Å². The van der Waals surface area contributed by atoms with Crippen molar-refractivity contribution >= 4 is 0 Å². The summed E-state index contributed by atoms with van der Waals surface area (Å²) in [5.74, 6) is 0. The van der Waals surface area contributed by atoms with E-state index in [-0.39, 0.29) is 26.1 Å². The van der Waals surface area contributed by atoms with Gasteiger partial charge in [0.1, 0.15) is 19.0 Å². The summed E-state index contributed by atoms with van der Waals surface area (Å²) in [5, 5.41) is 9.14. The highest BCUT2D eigenvalue weighted by Crippen LogP contribution is 2.08. The molecule has 1 aliphatic heterocycles. The van der Waals surface area contributed by atoms with Crippen LogP contribution in [0.4, 0.5) is 0 Å². The number of hydrogen-bond acceptors (Lipinski definition) is 5. The molecule has 0 radical (unpaired) electrons. The van der Waals surface area contributed by atoms with Gasteiger partial charge in [0.25, 0.3) is 0 Å². The zero-order valence-corrected chi connectivity index (χ0v) is 7.77. The van der Waals surface area contributed by atoms with Crippen molar-refractivity contribution < 1.29 is 24.1 Å². The van der Waals surface area contributed by atoms with Crippen molar-refractivity contribution in [2.24, 2.45) is 0 Å². The van der Waals surface area contributed by atoms with Crippen LogP contribution >= 0.6 is 0 Å². The molecule has 0 bridgehead atoms. The lowest BCUT2D eigenvalue weighted by atomic mass is 10.4. The fraction of sp³-hybridized carbons (Fsp3) is 1.00. The molecule has 0 aromatic heterocycles. The van der Waals surface area contributed by atoms with E-state index < -0.39 is 6.10 Å². The molecule has 2 unspecified atom stereocenters. The molecule has 0 aromatic carbocycles. The number of aliphatic hydroxyl groups excluding tert-OH is 1. The SMILES string of the molecule is COCC(O)COCOCC1CO1. The molecule has 13 heavy (non-hydrogen) atoms. The first kappa shape index (κ1) is 10.9. The van der Waals surface area contributed by atoms with Gasteiger partial charge < -0.3 is 24.1 Å². The predicted octanol–water partition coefficient (Wildman–Crippen LogP) is -0.617. The van der Waals surface area contributed by atoms with E-state index in [1.165, 1.54) is 7.11 Å². The molecule has 5 heteroatoms. The summed E-state index contributed by atoms with van der Waals surface area (Å²) >= 11 is 0. The van der Waals surface area contributed by atoms with Gasteiger partial charge in [-0.3, -0.25) is 0 Å². The molecule has 1 aliphatic rings. The van der Waals surface area contributed by atoms with Gasteiger partial charge in [-0.1, -0.05) is 0 Å². The van der Waals surface area contributed by atoms with E-state index >= 15 is 0 Å². The Morgan fingerprint density at radius 3 is 2.85 bits per heavy atom. The van der Waals surface area contributed by atoms with Crippen molar-refractivity contribution in [1.29, 1.82) is 0 Å². The number of epoxide rings is 1. The average molecular weight is 192 g/mol. The average Bonchev–Trinajstić information content (AvgIpc) is 2.88. The van der Waals surface area contributed by atoms with Crippen LogP contribution in [0, 0.1) is 0 Å². The highest BCUT2D eigenvalue weighted by atomic mass is 16.7. The van der Waals surface area contributed by atoms with Crippen molar-refractivity contribution in [3.05, 3.63) is 0 Å². The molecule has 0 spiro atoms. The van der Waals surface area contributed by atoms with Gasteiger partial charge >= 0.3 is 0 Å². The summed E-state index contributed by atoms with van der Waals surface area (Å²) in [6.07, 6.45) is -0.321. The van der Waals surface area contributed by atoms with Crippen LogP contribution in [0.1, 0.15) is 0 Å². The van der Waals surface area contributed by atoms with Gasteiger partial charge in [0, 0.05) is 7.11 Å². The molecule has 5 nitrogen and oxygen atoms in total. The van der Waals surface area contributed by atoms with Gasteiger partial charge in [0.15, 0.2) is 0 Å². The van der Waals surface area contributed by atoms with E-state index in [0.717, 1.165) is 6.61 Å². The lowest BCUT2D eigenvalue weighted by Crippen LogP contribution is -2.21. The van der Waals surface area contributed by atoms with Crippen molar-refractivity contribution in [2.45, 2.75) is 12.2 Å². The van der Waals surface area contributed by atoms with Crippen molar-refractivity contribution in [3.8, 4) is 0 Å². The maximum absolute atomic E-state index is 9.14. The van der Waals surface area contributed by atoms with Gasteiger partial charge in [-0.25, -0.2) is 0 Å². The number of rotatable bonds is 8. The molecule has 1 N–H and O–H groups in total. The van der Waals surface area contributed by atoms with Gasteiger partial charge in [0.05, 0.1) is 26.4 Å². The zero-order valence-electron chi connectivity index (χ0n) is 7.77.